The van der Waals surface area contributed by atoms with E-state index in [1.165, 1.54) is 0 Å². The Labute approximate surface area is 94.7 Å². The first-order valence-corrected chi connectivity index (χ1v) is 5.04. The topological polar surface area (TPSA) is 51.3 Å². The van der Waals surface area contributed by atoms with E-state index in [0.29, 0.717) is 5.82 Å². The normalized spacial score (nSPS) is 10.8. The second-order valence-corrected chi connectivity index (χ2v) is 3.45. The largest absolute Gasteiger partial charge is 0.383 e. The van der Waals surface area contributed by atoms with E-state index in [1.807, 2.05) is 36.4 Å². The van der Waals surface area contributed by atoms with Gasteiger partial charge < -0.3 is 5.73 Å². The zero-order valence-electron chi connectivity index (χ0n) is 9.09. The standard InChI is InChI=1S/C13H13N3/c1-15-8-12-7-11(9-16-13(12)14)10-5-3-2-4-6-10/h2-9H,1H3,(H2,14,16). The predicted molar refractivity (Wildman–Crippen MR) is 67.6 cm³/mol. The zero-order valence-corrected chi connectivity index (χ0v) is 9.09. The van der Waals surface area contributed by atoms with Crippen molar-refractivity contribution < 1.29 is 0 Å². The molecule has 1 aromatic heterocycles. The molecule has 2 aromatic rings. The van der Waals surface area contributed by atoms with Crippen LogP contribution in [0.25, 0.3) is 11.1 Å². The van der Waals surface area contributed by atoms with Gasteiger partial charge in [-0.1, -0.05) is 30.3 Å². The highest BCUT2D eigenvalue weighted by molar-refractivity contribution is 5.87. The van der Waals surface area contributed by atoms with Crippen molar-refractivity contribution in [1.82, 2.24) is 4.98 Å². The molecule has 0 radical (unpaired) electrons. The monoisotopic (exact) mass is 211 g/mol. The molecule has 0 saturated heterocycles. The summed E-state index contributed by atoms with van der Waals surface area (Å²) < 4.78 is 0. The molecule has 3 heteroatoms. The van der Waals surface area contributed by atoms with E-state index in [4.69, 9.17) is 5.73 Å². The number of rotatable bonds is 2. The number of nitrogen functional groups attached to an aromatic ring is 1. The minimum absolute atomic E-state index is 0.505. The van der Waals surface area contributed by atoms with E-state index in [9.17, 15) is 0 Å². The summed E-state index contributed by atoms with van der Waals surface area (Å²) in [6.45, 7) is 0. The summed E-state index contributed by atoms with van der Waals surface area (Å²) in [4.78, 5) is 8.12. The van der Waals surface area contributed by atoms with E-state index in [1.54, 1.807) is 19.5 Å². The highest BCUT2D eigenvalue weighted by Gasteiger charge is 2.01. The molecule has 0 bridgehead atoms. The van der Waals surface area contributed by atoms with Gasteiger partial charge in [0.2, 0.25) is 0 Å². The Morgan fingerprint density at radius 2 is 1.94 bits per heavy atom. The van der Waals surface area contributed by atoms with Gasteiger partial charge in [-0.3, -0.25) is 4.99 Å². The van der Waals surface area contributed by atoms with Crippen LogP contribution in [0, 0.1) is 0 Å². The molecule has 1 aromatic carbocycles. The lowest BCUT2D eigenvalue weighted by atomic mass is 10.1. The molecule has 0 aliphatic carbocycles. The van der Waals surface area contributed by atoms with Gasteiger partial charge in [0.1, 0.15) is 5.82 Å². The Hall–Kier alpha value is -2.16. The number of pyridine rings is 1. The van der Waals surface area contributed by atoms with Crippen molar-refractivity contribution in [1.29, 1.82) is 0 Å². The predicted octanol–water partition coefficient (Wildman–Crippen LogP) is 2.38. The van der Waals surface area contributed by atoms with E-state index in [-0.39, 0.29) is 0 Å². The number of aliphatic imine (C=N–C) groups is 1. The molecule has 0 aliphatic heterocycles. The minimum atomic E-state index is 0.505. The molecule has 2 N–H and O–H groups in total. The lowest BCUT2D eigenvalue weighted by Crippen LogP contribution is -1.97. The van der Waals surface area contributed by atoms with Crippen LogP contribution < -0.4 is 5.73 Å². The second-order valence-electron chi connectivity index (χ2n) is 3.45. The van der Waals surface area contributed by atoms with Crippen LogP contribution in [-0.2, 0) is 0 Å². The summed E-state index contributed by atoms with van der Waals surface area (Å²) in [6, 6.07) is 12.1. The molecule has 80 valence electrons. The first-order valence-electron chi connectivity index (χ1n) is 5.04. The van der Waals surface area contributed by atoms with Crippen LogP contribution >= 0.6 is 0 Å². The van der Waals surface area contributed by atoms with Gasteiger partial charge in [-0.2, -0.15) is 0 Å². The lowest BCUT2D eigenvalue weighted by Gasteiger charge is -2.04. The molecule has 0 spiro atoms. The molecule has 0 saturated carbocycles. The summed E-state index contributed by atoms with van der Waals surface area (Å²) in [7, 11) is 1.72. The van der Waals surface area contributed by atoms with Gasteiger partial charge in [-0.25, -0.2) is 4.98 Å². The molecule has 0 atom stereocenters. The number of hydrogen-bond acceptors (Lipinski definition) is 3. The summed E-state index contributed by atoms with van der Waals surface area (Å²) in [5.41, 5.74) is 8.77. The number of anilines is 1. The maximum atomic E-state index is 5.75. The molecule has 16 heavy (non-hydrogen) atoms. The van der Waals surface area contributed by atoms with Crippen molar-refractivity contribution >= 4 is 12.0 Å². The molecule has 1 heterocycles. The molecule has 3 nitrogen and oxygen atoms in total. The van der Waals surface area contributed by atoms with E-state index >= 15 is 0 Å². The first-order chi connectivity index (χ1) is 7.81. The molecule has 0 aliphatic rings. The van der Waals surface area contributed by atoms with E-state index in [2.05, 4.69) is 9.98 Å². The fraction of sp³-hybridized carbons (Fsp3) is 0.0769. The van der Waals surface area contributed by atoms with Crippen LogP contribution in [0.5, 0.6) is 0 Å². The van der Waals surface area contributed by atoms with Gasteiger partial charge in [0, 0.05) is 30.6 Å². The Balaban J connectivity index is 2.48. The molecule has 0 amide bonds. The smallest absolute Gasteiger partial charge is 0.132 e. The van der Waals surface area contributed by atoms with Gasteiger partial charge >= 0.3 is 0 Å². The van der Waals surface area contributed by atoms with Crippen LogP contribution in [0.1, 0.15) is 5.56 Å². The van der Waals surface area contributed by atoms with Crippen molar-refractivity contribution in [2.75, 3.05) is 12.8 Å². The highest BCUT2D eigenvalue weighted by atomic mass is 14.8. The van der Waals surface area contributed by atoms with E-state index < -0.39 is 0 Å². The van der Waals surface area contributed by atoms with Crippen LogP contribution in [0.4, 0.5) is 5.82 Å². The average molecular weight is 211 g/mol. The number of nitrogens with two attached hydrogens (primary N) is 1. The van der Waals surface area contributed by atoms with Crippen molar-refractivity contribution in [2.24, 2.45) is 4.99 Å². The third-order valence-electron chi connectivity index (χ3n) is 2.32. The maximum Gasteiger partial charge on any atom is 0.132 e. The summed E-state index contributed by atoms with van der Waals surface area (Å²) in [6.07, 6.45) is 3.49. The highest BCUT2D eigenvalue weighted by Crippen LogP contribution is 2.20. The summed E-state index contributed by atoms with van der Waals surface area (Å²) >= 11 is 0. The van der Waals surface area contributed by atoms with Crippen molar-refractivity contribution in [2.45, 2.75) is 0 Å². The van der Waals surface area contributed by atoms with Gasteiger partial charge in [0.25, 0.3) is 0 Å². The SMILES string of the molecule is CN=Cc1cc(-c2ccccc2)cnc1N. The van der Waals surface area contributed by atoms with Gasteiger partial charge in [0.15, 0.2) is 0 Å². The third-order valence-corrected chi connectivity index (χ3v) is 2.32. The number of hydrogen-bond donors (Lipinski definition) is 1. The van der Waals surface area contributed by atoms with Crippen LogP contribution in [0.3, 0.4) is 0 Å². The number of benzene rings is 1. The summed E-state index contributed by atoms with van der Waals surface area (Å²) in [5, 5.41) is 0. The maximum absolute atomic E-state index is 5.75. The Kier molecular flexibility index (Phi) is 2.96. The molecule has 0 fully saturated rings. The Morgan fingerprint density at radius 3 is 2.62 bits per heavy atom. The van der Waals surface area contributed by atoms with Crippen molar-refractivity contribution in [3.8, 4) is 11.1 Å². The Bertz CT molecular complexity index is 504. The third kappa shape index (κ3) is 2.08. The fourth-order valence-electron chi connectivity index (χ4n) is 1.52. The quantitative estimate of drug-likeness (QED) is 0.775. The molecule has 0 unspecified atom stereocenters. The van der Waals surface area contributed by atoms with Gasteiger partial charge in [-0.05, 0) is 11.6 Å². The van der Waals surface area contributed by atoms with Crippen LogP contribution in [-0.4, -0.2) is 18.2 Å². The van der Waals surface area contributed by atoms with Crippen LogP contribution in [0.2, 0.25) is 0 Å². The molecular formula is C13H13N3. The second kappa shape index (κ2) is 4.57. The lowest BCUT2D eigenvalue weighted by molar-refractivity contribution is 1.32. The van der Waals surface area contributed by atoms with Gasteiger partial charge in [0.05, 0.1) is 0 Å². The molecule has 2 rings (SSSR count). The zero-order chi connectivity index (χ0) is 11.4. The number of aromatic nitrogens is 1. The Morgan fingerprint density at radius 1 is 1.19 bits per heavy atom. The van der Waals surface area contributed by atoms with E-state index in [0.717, 1.165) is 16.7 Å². The van der Waals surface area contributed by atoms with Crippen LogP contribution in [0.15, 0.2) is 47.6 Å². The number of nitrogens with zero attached hydrogens (tertiary/aromatic N) is 2. The molecular weight excluding hydrogens is 198 g/mol. The van der Waals surface area contributed by atoms with Crippen molar-refractivity contribution in [3.05, 3.63) is 48.2 Å². The first kappa shape index (κ1) is 10.4. The minimum Gasteiger partial charge on any atom is -0.383 e. The average Bonchev–Trinajstić information content (AvgIpc) is 2.33. The summed E-state index contributed by atoms with van der Waals surface area (Å²) in [5.74, 6) is 0.505. The van der Waals surface area contributed by atoms with Crippen molar-refractivity contribution in [3.63, 3.8) is 0 Å². The fourth-order valence-corrected chi connectivity index (χ4v) is 1.52. The van der Waals surface area contributed by atoms with Gasteiger partial charge in [-0.15, -0.1) is 0 Å².